The maximum absolute atomic E-state index is 6.16. The molecular formula is C14H16ClN3. The molecule has 18 heavy (non-hydrogen) atoms. The highest BCUT2D eigenvalue weighted by Crippen LogP contribution is 2.27. The summed E-state index contributed by atoms with van der Waals surface area (Å²) in [5.41, 5.74) is 7.14. The van der Waals surface area contributed by atoms with E-state index in [1.165, 1.54) is 0 Å². The molecule has 1 atom stereocenters. The Morgan fingerprint density at radius 3 is 2.61 bits per heavy atom. The number of rotatable bonds is 3. The number of benzene rings is 1. The molecule has 0 fully saturated rings. The highest BCUT2D eigenvalue weighted by molar-refractivity contribution is 6.31. The number of nitrogens with one attached hydrogen (secondary N) is 1. The van der Waals surface area contributed by atoms with Crippen LogP contribution in [0.4, 0.5) is 0 Å². The molecule has 0 spiro atoms. The van der Waals surface area contributed by atoms with E-state index in [9.17, 15) is 0 Å². The predicted molar refractivity (Wildman–Crippen MR) is 74.3 cm³/mol. The standard InChI is InChI=1S/C14H16ClN3/c1-9-3-4-11(7-13(9)15)14(18-16)12-5-6-17-8-10(12)2/h3-8,14,18H,16H2,1-2H3. The fourth-order valence-electron chi connectivity index (χ4n) is 1.96. The third-order valence-corrected chi connectivity index (χ3v) is 3.48. The van der Waals surface area contributed by atoms with Gasteiger partial charge in [-0.25, -0.2) is 5.43 Å². The molecule has 0 aliphatic carbocycles. The fraction of sp³-hybridized carbons (Fsp3) is 0.214. The molecule has 1 heterocycles. The van der Waals surface area contributed by atoms with Crippen LogP contribution in [0.15, 0.2) is 36.7 Å². The Labute approximate surface area is 112 Å². The molecule has 94 valence electrons. The van der Waals surface area contributed by atoms with E-state index in [0.717, 1.165) is 27.3 Å². The van der Waals surface area contributed by atoms with Crippen molar-refractivity contribution in [3.63, 3.8) is 0 Å². The van der Waals surface area contributed by atoms with Gasteiger partial charge in [0.15, 0.2) is 0 Å². The quantitative estimate of drug-likeness (QED) is 0.660. The topological polar surface area (TPSA) is 50.9 Å². The molecule has 3 N–H and O–H groups in total. The Bertz CT molecular complexity index is 554. The molecule has 0 bridgehead atoms. The minimum absolute atomic E-state index is 0.0777. The maximum atomic E-state index is 6.16. The third kappa shape index (κ3) is 2.53. The lowest BCUT2D eigenvalue weighted by Gasteiger charge is -2.19. The molecule has 1 aromatic carbocycles. The van der Waals surface area contributed by atoms with Crippen LogP contribution in [0.2, 0.25) is 5.02 Å². The summed E-state index contributed by atoms with van der Waals surface area (Å²) in [7, 11) is 0. The van der Waals surface area contributed by atoms with E-state index < -0.39 is 0 Å². The lowest BCUT2D eigenvalue weighted by molar-refractivity contribution is 0.632. The van der Waals surface area contributed by atoms with Gasteiger partial charge in [0.1, 0.15) is 0 Å². The van der Waals surface area contributed by atoms with Gasteiger partial charge in [0, 0.05) is 17.4 Å². The second kappa shape index (κ2) is 5.48. The average Bonchev–Trinajstić information content (AvgIpc) is 2.37. The first-order chi connectivity index (χ1) is 8.63. The van der Waals surface area contributed by atoms with Crippen molar-refractivity contribution in [3.05, 3.63) is 63.9 Å². The number of halogens is 1. The second-order valence-electron chi connectivity index (χ2n) is 4.34. The molecule has 0 saturated heterocycles. The van der Waals surface area contributed by atoms with Gasteiger partial charge >= 0.3 is 0 Å². The van der Waals surface area contributed by atoms with Gasteiger partial charge in [0.25, 0.3) is 0 Å². The Morgan fingerprint density at radius 1 is 1.22 bits per heavy atom. The number of pyridine rings is 1. The second-order valence-corrected chi connectivity index (χ2v) is 4.75. The molecule has 1 unspecified atom stereocenters. The molecule has 0 amide bonds. The summed E-state index contributed by atoms with van der Waals surface area (Å²) in [6, 6.07) is 7.87. The van der Waals surface area contributed by atoms with Crippen LogP contribution in [0.3, 0.4) is 0 Å². The SMILES string of the molecule is Cc1ccc(C(NN)c2ccncc2C)cc1Cl. The van der Waals surface area contributed by atoms with Crippen LogP contribution in [-0.2, 0) is 0 Å². The lowest BCUT2D eigenvalue weighted by Crippen LogP contribution is -2.29. The van der Waals surface area contributed by atoms with Crippen LogP contribution in [0.25, 0.3) is 0 Å². The van der Waals surface area contributed by atoms with Crippen LogP contribution >= 0.6 is 11.6 Å². The monoisotopic (exact) mass is 261 g/mol. The molecule has 2 aromatic rings. The molecular weight excluding hydrogens is 246 g/mol. The molecule has 0 aliphatic rings. The van der Waals surface area contributed by atoms with E-state index in [-0.39, 0.29) is 6.04 Å². The Hall–Kier alpha value is -1.42. The molecule has 0 radical (unpaired) electrons. The predicted octanol–water partition coefficient (Wildman–Crippen LogP) is 2.90. The van der Waals surface area contributed by atoms with Gasteiger partial charge in [-0.1, -0.05) is 23.7 Å². The van der Waals surface area contributed by atoms with Gasteiger partial charge in [0.2, 0.25) is 0 Å². The number of hydrogen-bond donors (Lipinski definition) is 2. The summed E-state index contributed by atoms with van der Waals surface area (Å²) in [5.74, 6) is 5.68. The molecule has 0 saturated carbocycles. The Kier molecular flexibility index (Phi) is 3.97. The summed E-state index contributed by atoms with van der Waals surface area (Å²) in [5, 5.41) is 0.749. The van der Waals surface area contributed by atoms with Crippen LogP contribution < -0.4 is 11.3 Å². The van der Waals surface area contributed by atoms with Gasteiger partial charge in [-0.15, -0.1) is 0 Å². The lowest BCUT2D eigenvalue weighted by atomic mass is 9.96. The Morgan fingerprint density at radius 2 is 2.00 bits per heavy atom. The largest absolute Gasteiger partial charge is 0.271 e. The van der Waals surface area contributed by atoms with E-state index in [1.807, 2.05) is 44.3 Å². The van der Waals surface area contributed by atoms with Crippen LogP contribution in [-0.4, -0.2) is 4.98 Å². The number of nitrogens with zero attached hydrogens (tertiary/aromatic N) is 1. The van der Waals surface area contributed by atoms with Crippen LogP contribution in [0, 0.1) is 13.8 Å². The molecule has 2 rings (SSSR count). The Balaban J connectivity index is 2.45. The summed E-state index contributed by atoms with van der Waals surface area (Å²) >= 11 is 6.16. The molecule has 0 aliphatic heterocycles. The van der Waals surface area contributed by atoms with Crippen molar-refractivity contribution in [2.24, 2.45) is 5.84 Å². The number of nitrogens with two attached hydrogens (primary N) is 1. The van der Waals surface area contributed by atoms with Crippen LogP contribution in [0.5, 0.6) is 0 Å². The summed E-state index contributed by atoms with van der Waals surface area (Å²) in [4.78, 5) is 4.09. The van der Waals surface area contributed by atoms with Gasteiger partial charge in [-0.05, 0) is 48.2 Å². The summed E-state index contributed by atoms with van der Waals surface area (Å²) in [6.45, 7) is 4.00. The minimum Gasteiger partial charge on any atom is -0.271 e. The van der Waals surface area contributed by atoms with Crippen LogP contribution in [0.1, 0.15) is 28.3 Å². The normalized spacial score (nSPS) is 12.4. The van der Waals surface area contributed by atoms with E-state index in [0.29, 0.717) is 0 Å². The number of hydrogen-bond acceptors (Lipinski definition) is 3. The van der Waals surface area contributed by atoms with Gasteiger partial charge in [-0.2, -0.15) is 0 Å². The van der Waals surface area contributed by atoms with Gasteiger partial charge in [-0.3, -0.25) is 10.8 Å². The average molecular weight is 262 g/mol. The first kappa shape index (κ1) is 13.0. The number of aromatic nitrogens is 1. The first-order valence-electron chi connectivity index (χ1n) is 5.76. The molecule has 3 nitrogen and oxygen atoms in total. The van der Waals surface area contributed by atoms with E-state index >= 15 is 0 Å². The van der Waals surface area contributed by atoms with Crippen molar-refractivity contribution < 1.29 is 0 Å². The molecule has 4 heteroatoms. The highest BCUT2D eigenvalue weighted by Gasteiger charge is 2.15. The minimum atomic E-state index is -0.0777. The zero-order valence-corrected chi connectivity index (χ0v) is 11.2. The number of hydrazine groups is 1. The van der Waals surface area contributed by atoms with Gasteiger partial charge in [0.05, 0.1) is 6.04 Å². The third-order valence-electron chi connectivity index (χ3n) is 3.07. The van der Waals surface area contributed by atoms with Crippen molar-refractivity contribution in [2.75, 3.05) is 0 Å². The number of aryl methyl sites for hydroxylation is 2. The van der Waals surface area contributed by atoms with E-state index in [2.05, 4.69) is 10.4 Å². The first-order valence-corrected chi connectivity index (χ1v) is 6.14. The molecule has 1 aromatic heterocycles. The van der Waals surface area contributed by atoms with Crippen molar-refractivity contribution in [2.45, 2.75) is 19.9 Å². The summed E-state index contributed by atoms with van der Waals surface area (Å²) in [6.07, 6.45) is 3.60. The van der Waals surface area contributed by atoms with Crippen molar-refractivity contribution >= 4 is 11.6 Å². The zero-order chi connectivity index (χ0) is 13.1. The van der Waals surface area contributed by atoms with E-state index in [4.69, 9.17) is 17.4 Å². The smallest absolute Gasteiger partial charge is 0.0714 e. The van der Waals surface area contributed by atoms with Crippen molar-refractivity contribution in [1.29, 1.82) is 0 Å². The zero-order valence-electron chi connectivity index (χ0n) is 10.4. The highest BCUT2D eigenvalue weighted by atomic mass is 35.5. The summed E-state index contributed by atoms with van der Waals surface area (Å²) < 4.78 is 0. The maximum Gasteiger partial charge on any atom is 0.0714 e. The van der Waals surface area contributed by atoms with Crippen molar-refractivity contribution in [1.82, 2.24) is 10.4 Å². The van der Waals surface area contributed by atoms with E-state index in [1.54, 1.807) is 6.20 Å². The van der Waals surface area contributed by atoms with Gasteiger partial charge < -0.3 is 0 Å². The van der Waals surface area contributed by atoms with Crippen molar-refractivity contribution in [3.8, 4) is 0 Å². The fourth-order valence-corrected chi connectivity index (χ4v) is 2.15.